The van der Waals surface area contributed by atoms with E-state index >= 15 is 0 Å². The first kappa shape index (κ1) is 17.1. The van der Waals surface area contributed by atoms with E-state index in [1.54, 1.807) is 0 Å². The van der Waals surface area contributed by atoms with Gasteiger partial charge >= 0.3 is 6.18 Å². The van der Waals surface area contributed by atoms with Crippen LogP contribution in [0.1, 0.15) is 24.8 Å². The second kappa shape index (κ2) is 5.82. The molecule has 5 nitrogen and oxygen atoms in total. The summed E-state index contributed by atoms with van der Waals surface area (Å²) in [4.78, 5) is 38.2. The van der Waals surface area contributed by atoms with Crippen LogP contribution in [0.3, 0.4) is 0 Å². The average molecular weight is 366 g/mol. The van der Waals surface area contributed by atoms with Crippen molar-refractivity contribution in [2.24, 2.45) is 23.7 Å². The maximum Gasteiger partial charge on any atom is 0.416 e. The van der Waals surface area contributed by atoms with Crippen LogP contribution < -0.4 is 5.32 Å². The Hall–Kier alpha value is -2.38. The van der Waals surface area contributed by atoms with Crippen LogP contribution in [0.2, 0.25) is 0 Å². The number of nitrogens with zero attached hydrogens (tertiary/aromatic N) is 1. The summed E-state index contributed by atoms with van der Waals surface area (Å²) in [5.41, 5.74) is -0.904. The molecule has 0 aromatic heterocycles. The Labute approximate surface area is 147 Å². The normalized spacial score (nSPS) is 30.0. The van der Waals surface area contributed by atoms with Gasteiger partial charge in [-0.2, -0.15) is 13.2 Å². The number of rotatable bonds is 3. The van der Waals surface area contributed by atoms with Gasteiger partial charge in [-0.3, -0.25) is 19.3 Å². The van der Waals surface area contributed by atoms with Crippen molar-refractivity contribution < 1.29 is 27.6 Å². The van der Waals surface area contributed by atoms with Crippen molar-refractivity contribution in [1.29, 1.82) is 0 Å². The van der Waals surface area contributed by atoms with Gasteiger partial charge in [-0.1, -0.05) is 6.07 Å². The number of nitrogens with one attached hydrogen (secondary N) is 1. The van der Waals surface area contributed by atoms with Crippen molar-refractivity contribution in [3.05, 3.63) is 29.8 Å². The molecule has 2 saturated carbocycles. The molecule has 138 valence electrons. The largest absolute Gasteiger partial charge is 0.416 e. The molecule has 4 atom stereocenters. The zero-order valence-electron chi connectivity index (χ0n) is 13.8. The highest BCUT2D eigenvalue weighted by Crippen LogP contribution is 2.56. The van der Waals surface area contributed by atoms with E-state index in [-0.39, 0.29) is 41.2 Å². The van der Waals surface area contributed by atoms with Gasteiger partial charge in [0.05, 0.1) is 17.4 Å². The Balaban J connectivity index is 1.44. The number of anilines is 1. The number of hydrogen-bond donors (Lipinski definition) is 1. The second-order valence-electron chi connectivity index (χ2n) is 7.27. The Morgan fingerprint density at radius 1 is 1.12 bits per heavy atom. The molecule has 0 unspecified atom stereocenters. The summed E-state index contributed by atoms with van der Waals surface area (Å²) < 4.78 is 38.2. The molecule has 3 fully saturated rings. The molecule has 3 amide bonds. The summed E-state index contributed by atoms with van der Waals surface area (Å²) in [6.07, 6.45) is -1.74. The number of hydrogen-bond acceptors (Lipinski definition) is 3. The van der Waals surface area contributed by atoms with Crippen LogP contribution in [0.15, 0.2) is 24.3 Å². The van der Waals surface area contributed by atoms with Crippen molar-refractivity contribution in [3.63, 3.8) is 0 Å². The van der Waals surface area contributed by atoms with Gasteiger partial charge < -0.3 is 5.32 Å². The lowest BCUT2D eigenvalue weighted by Crippen LogP contribution is -2.39. The van der Waals surface area contributed by atoms with Crippen molar-refractivity contribution >= 4 is 23.4 Å². The maximum atomic E-state index is 12.7. The van der Waals surface area contributed by atoms with E-state index in [1.165, 1.54) is 12.1 Å². The third kappa shape index (κ3) is 2.68. The van der Waals surface area contributed by atoms with E-state index in [9.17, 15) is 27.6 Å². The SMILES string of the molecule is O=C(CN1C(=O)[C@@H]2[C@@H]3CC[C@@H](C3)[C@@H]2C1=O)Nc1cccc(C(F)(F)F)c1. The Bertz CT molecular complexity index is 764. The zero-order chi connectivity index (χ0) is 18.6. The van der Waals surface area contributed by atoms with E-state index < -0.39 is 24.2 Å². The summed E-state index contributed by atoms with van der Waals surface area (Å²) in [5.74, 6) is -1.50. The lowest BCUT2D eigenvalue weighted by atomic mass is 9.81. The second-order valence-corrected chi connectivity index (χ2v) is 7.27. The van der Waals surface area contributed by atoms with E-state index in [4.69, 9.17) is 0 Å². The fourth-order valence-corrected chi connectivity index (χ4v) is 4.74. The van der Waals surface area contributed by atoms with E-state index in [1.807, 2.05) is 0 Å². The van der Waals surface area contributed by atoms with Gasteiger partial charge in [-0.15, -0.1) is 0 Å². The molecule has 0 radical (unpaired) electrons. The number of carbonyl (C=O) groups is 3. The van der Waals surface area contributed by atoms with Crippen LogP contribution in [-0.2, 0) is 20.6 Å². The highest BCUT2D eigenvalue weighted by molar-refractivity contribution is 6.09. The quantitative estimate of drug-likeness (QED) is 0.837. The van der Waals surface area contributed by atoms with Gasteiger partial charge in [-0.05, 0) is 49.3 Å². The van der Waals surface area contributed by atoms with Crippen molar-refractivity contribution in [2.75, 3.05) is 11.9 Å². The topological polar surface area (TPSA) is 66.5 Å². The lowest BCUT2D eigenvalue weighted by Gasteiger charge is -2.19. The molecule has 26 heavy (non-hydrogen) atoms. The summed E-state index contributed by atoms with van der Waals surface area (Å²) in [5, 5.41) is 2.34. The minimum Gasteiger partial charge on any atom is -0.325 e. The van der Waals surface area contributed by atoms with Crippen molar-refractivity contribution in [2.45, 2.75) is 25.4 Å². The first-order valence-electron chi connectivity index (χ1n) is 8.58. The Morgan fingerprint density at radius 2 is 1.73 bits per heavy atom. The molecule has 4 rings (SSSR count). The van der Waals surface area contributed by atoms with Crippen LogP contribution in [0, 0.1) is 23.7 Å². The van der Waals surface area contributed by atoms with Crippen LogP contribution in [-0.4, -0.2) is 29.2 Å². The number of amides is 3. The average Bonchev–Trinajstić information content (AvgIpc) is 3.24. The molecule has 0 spiro atoms. The van der Waals surface area contributed by atoms with Crippen molar-refractivity contribution in [3.8, 4) is 0 Å². The molecule has 1 aromatic rings. The Morgan fingerprint density at radius 3 is 2.31 bits per heavy atom. The van der Waals surface area contributed by atoms with Crippen LogP contribution in [0.5, 0.6) is 0 Å². The minimum absolute atomic E-state index is 0.0239. The summed E-state index contributed by atoms with van der Waals surface area (Å²) >= 11 is 0. The van der Waals surface area contributed by atoms with Gasteiger partial charge in [0.15, 0.2) is 0 Å². The first-order chi connectivity index (χ1) is 12.3. The molecule has 3 aliphatic rings. The molecule has 1 aliphatic heterocycles. The van der Waals surface area contributed by atoms with E-state index in [0.29, 0.717) is 0 Å². The highest BCUT2D eigenvalue weighted by atomic mass is 19.4. The number of benzene rings is 1. The van der Waals surface area contributed by atoms with Gasteiger partial charge in [0.2, 0.25) is 17.7 Å². The van der Waals surface area contributed by atoms with Gasteiger partial charge in [0.25, 0.3) is 0 Å². The Kier molecular flexibility index (Phi) is 3.82. The molecule has 2 bridgehead atoms. The maximum absolute atomic E-state index is 12.7. The van der Waals surface area contributed by atoms with Gasteiger partial charge in [0, 0.05) is 5.69 Å². The third-order valence-corrected chi connectivity index (χ3v) is 5.79. The minimum atomic E-state index is -4.52. The van der Waals surface area contributed by atoms with Crippen LogP contribution in [0.4, 0.5) is 18.9 Å². The summed E-state index contributed by atoms with van der Waals surface area (Å²) in [6.45, 7) is -0.458. The van der Waals surface area contributed by atoms with Crippen LogP contribution in [0.25, 0.3) is 0 Å². The standard InChI is InChI=1S/C18H17F3N2O3/c19-18(20,21)11-2-1-3-12(7-11)22-13(24)8-23-16(25)14-9-4-5-10(6-9)15(14)17(23)26/h1-3,7,9-10,14-15H,4-6,8H2,(H,22,24)/t9-,10+,14-,15+. The molecule has 1 heterocycles. The zero-order valence-corrected chi connectivity index (χ0v) is 13.8. The third-order valence-electron chi connectivity index (χ3n) is 5.79. The predicted octanol–water partition coefficient (Wildman–Crippen LogP) is 2.68. The fourth-order valence-electron chi connectivity index (χ4n) is 4.74. The number of carbonyl (C=O) groups excluding carboxylic acids is 3. The first-order valence-corrected chi connectivity index (χ1v) is 8.58. The smallest absolute Gasteiger partial charge is 0.325 e. The predicted molar refractivity (Wildman–Crippen MR) is 84.6 cm³/mol. The summed E-state index contributed by atoms with van der Waals surface area (Å²) in [7, 11) is 0. The number of imide groups is 1. The van der Waals surface area contributed by atoms with Crippen LogP contribution >= 0.6 is 0 Å². The fraction of sp³-hybridized carbons (Fsp3) is 0.500. The molecular weight excluding hydrogens is 349 g/mol. The van der Waals surface area contributed by atoms with Gasteiger partial charge in [0.1, 0.15) is 6.54 Å². The molecule has 1 saturated heterocycles. The summed E-state index contributed by atoms with van der Waals surface area (Å²) in [6, 6.07) is 4.24. The number of likely N-dealkylation sites (tertiary alicyclic amines) is 1. The lowest BCUT2D eigenvalue weighted by molar-refractivity contribution is -0.143. The van der Waals surface area contributed by atoms with E-state index in [0.717, 1.165) is 36.3 Å². The molecule has 1 N–H and O–H groups in total. The van der Waals surface area contributed by atoms with E-state index in [2.05, 4.69) is 5.32 Å². The number of alkyl halides is 3. The highest BCUT2D eigenvalue weighted by Gasteiger charge is 2.60. The van der Waals surface area contributed by atoms with Crippen molar-refractivity contribution in [1.82, 2.24) is 4.90 Å². The van der Waals surface area contributed by atoms with Gasteiger partial charge in [-0.25, -0.2) is 0 Å². The molecule has 8 heteroatoms. The molecular formula is C18H17F3N2O3. The monoisotopic (exact) mass is 366 g/mol. The molecule has 2 aliphatic carbocycles. The number of halogens is 3. The molecule has 1 aromatic carbocycles. The number of fused-ring (bicyclic) bond motifs is 5.